The van der Waals surface area contributed by atoms with Crippen molar-refractivity contribution in [1.29, 1.82) is 0 Å². The van der Waals surface area contributed by atoms with Gasteiger partial charge in [0, 0.05) is 7.05 Å². The number of amides is 1. The Labute approximate surface area is 43.1 Å². The highest BCUT2D eigenvalue weighted by Gasteiger charge is 1.91. The third-order valence-corrected chi connectivity index (χ3v) is 0.577. The first-order chi connectivity index (χ1) is 3.31. The third-order valence-electron chi connectivity index (χ3n) is 0.577. The number of hydrogen-bond acceptors (Lipinski definition) is 2. The van der Waals surface area contributed by atoms with Crippen molar-refractivity contribution >= 4 is 5.91 Å². The average molecular weight is 101 g/mol. The predicted octanol–water partition coefficient (Wildman–Crippen LogP) is -1.03. The number of nitrogens with zero attached hydrogens (tertiary/aromatic N) is 1. The number of carbonyl (C=O) groups excluding carboxylic acids is 1. The zero-order chi connectivity index (χ0) is 5.70. The number of hydrogen-bond donors (Lipinski definition) is 1. The molecule has 0 aliphatic heterocycles. The zero-order valence-corrected chi connectivity index (χ0v) is 4.56. The van der Waals surface area contributed by atoms with E-state index in [4.69, 9.17) is 0 Å². The van der Waals surface area contributed by atoms with E-state index in [1.165, 1.54) is 7.05 Å². The van der Waals surface area contributed by atoms with E-state index in [0.717, 1.165) is 0 Å². The van der Waals surface area contributed by atoms with Crippen LogP contribution in [-0.4, -0.2) is 26.5 Å². The van der Waals surface area contributed by atoms with E-state index in [2.05, 4.69) is 10.6 Å². The lowest BCUT2D eigenvalue weighted by molar-refractivity contribution is -0.119. The minimum atomic E-state index is -0.109. The maximum absolute atomic E-state index is 10.2. The first kappa shape index (κ1) is 6.43. The summed E-state index contributed by atoms with van der Waals surface area (Å²) in [6, 6.07) is 0. The summed E-state index contributed by atoms with van der Waals surface area (Å²) in [7, 11) is 3.20. The highest BCUT2D eigenvalue weighted by molar-refractivity contribution is 5.77. The molecule has 0 aliphatic rings. The van der Waals surface area contributed by atoms with Gasteiger partial charge in [-0.1, -0.05) is 0 Å². The summed E-state index contributed by atoms with van der Waals surface area (Å²) in [5.41, 5.74) is 0. The molecule has 0 atom stereocenters. The SMILES string of the molecule is C[N]C(=O)CNC. The molecule has 0 saturated heterocycles. The number of carbonyl (C=O) groups is 1. The summed E-state index contributed by atoms with van der Waals surface area (Å²) in [5.74, 6) is -0.109. The molecular weight excluding hydrogens is 92.1 g/mol. The van der Waals surface area contributed by atoms with Gasteiger partial charge in [0.1, 0.15) is 0 Å². The Balaban J connectivity index is 3.00. The Morgan fingerprint density at radius 1 is 1.86 bits per heavy atom. The molecular formula is C4H9N2O. The van der Waals surface area contributed by atoms with Gasteiger partial charge in [-0.3, -0.25) is 10.1 Å². The highest BCUT2D eigenvalue weighted by atomic mass is 16.1. The van der Waals surface area contributed by atoms with Crippen molar-refractivity contribution in [2.24, 2.45) is 0 Å². The first-order valence-corrected chi connectivity index (χ1v) is 2.08. The molecule has 3 heteroatoms. The molecule has 0 bridgehead atoms. The molecule has 0 rings (SSSR count). The summed E-state index contributed by atoms with van der Waals surface area (Å²) in [5, 5.41) is 6.05. The van der Waals surface area contributed by atoms with Gasteiger partial charge < -0.3 is 5.32 Å². The van der Waals surface area contributed by atoms with Crippen LogP contribution in [0.15, 0.2) is 0 Å². The van der Waals surface area contributed by atoms with Crippen molar-refractivity contribution in [2.45, 2.75) is 0 Å². The number of likely N-dealkylation sites (N-methyl/N-ethyl adjacent to an activating group) is 2. The number of nitrogens with one attached hydrogen (secondary N) is 1. The summed E-state index contributed by atoms with van der Waals surface area (Å²) >= 11 is 0. The van der Waals surface area contributed by atoms with Crippen LogP contribution in [0, 0.1) is 0 Å². The second-order valence-corrected chi connectivity index (χ2v) is 1.15. The maximum Gasteiger partial charge on any atom is 0.254 e. The fourth-order valence-corrected chi connectivity index (χ4v) is 0.230. The van der Waals surface area contributed by atoms with Crippen LogP contribution in [0.4, 0.5) is 0 Å². The van der Waals surface area contributed by atoms with E-state index in [1.807, 2.05) is 0 Å². The van der Waals surface area contributed by atoms with E-state index in [0.29, 0.717) is 6.54 Å². The molecule has 0 fully saturated rings. The van der Waals surface area contributed by atoms with Gasteiger partial charge in [0.2, 0.25) is 0 Å². The fourth-order valence-electron chi connectivity index (χ4n) is 0.230. The van der Waals surface area contributed by atoms with Crippen molar-refractivity contribution in [2.75, 3.05) is 20.6 Å². The smallest absolute Gasteiger partial charge is 0.254 e. The second-order valence-electron chi connectivity index (χ2n) is 1.15. The molecule has 0 saturated carbocycles. The molecule has 0 unspecified atom stereocenters. The topological polar surface area (TPSA) is 43.2 Å². The van der Waals surface area contributed by atoms with Gasteiger partial charge in [-0.15, -0.1) is 0 Å². The molecule has 1 N–H and O–H groups in total. The predicted molar refractivity (Wildman–Crippen MR) is 27.0 cm³/mol. The van der Waals surface area contributed by atoms with Crippen LogP contribution >= 0.6 is 0 Å². The standard InChI is InChI=1S/C4H9N2O/c1-5-3-4(7)6-2/h5H,3H2,1-2H3. The largest absolute Gasteiger partial charge is 0.311 e. The van der Waals surface area contributed by atoms with E-state index >= 15 is 0 Å². The monoisotopic (exact) mass is 101 g/mol. The molecule has 41 valence electrons. The molecule has 3 nitrogen and oxygen atoms in total. The summed E-state index contributed by atoms with van der Waals surface area (Å²) in [4.78, 5) is 10.2. The van der Waals surface area contributed by atoms with E-state index in [-0.39, 0.29) is 5.91 Å². The molecule has 0 heterocycles. The van der Waals surface area contributed by atoms with E-state index < -0.39 is 0 Å². The van der Waals surface area contributed by atoms with Crippen LogP contribution in [0.25, 0.3) is 0 Å². The van der Waals surface area contributed by atoms with Gasteiger partial charge in [0.25, 0.3) is 5.91 Å². The molecule has 0 aromatic rings. The molecule has 0 spiro atoms. The lowest BCUT2D eigenvalue weighted by Crippen LogP contribution is -2.24. The van der Waals surface area contributed by atoms with E-state index in [9.17, 15) is 4.79 Å². The van der Waals surface area contributed by atoms with Crippen molar-refractivity contribution in [3.63, 3.8) is 0 Å². The Morgan fingerprint density at radius 2 is 2.43 bits per heavy atom. The highest BCUT2D eigenvalue weighted by Crippen LogP contribution is 1.56. The van der Waals surface area contributed by atoms with Crippen molar-refractivity contribution in [3.05, 3.63) is 0 Å². The molecule has 0 aliphatic carbocycles. The van der Waals surface area contributed by atoms with Crippen molar-refractivity contribution in [1.82, 2.24) is 10.6 Å². The van der Waals surface area contributed by atoms with Crippen molar-refractivity contribution < 1.29 is 4.79 Å². The van der Waals surface area contributed by atoms with Crippen LogP contribution < -0.4 is 10.6 Å². The van der Waals surface area contributed by atoms with Crippen LogP contribution in [0.5, 0.6) is 0 Å². The average Bonchev–Trinajstić information content (AvgIpc) is 1.68. The summed E-state index contributed by atoms with van der Waals surface area (Å²) in [6.07, 6.45) is 0. The normalized spacial score (nSPS) is 8.29. The molecule has 0 aromatic carbocycles. The van der Waals surface area contributed by atoms with Gasteiger partial charge in [-0.25, -0.2) is 0 Å². The van der Waals surface area contributed by atoms with Gasteiger partial charge in [-0.05, 0) is 7.05 Å². The van der Waals surface area contributed by atoms with Gasteiger partial charge >= 0.3 is 0 Å². The first-order valence-electron chi connectivity index (χ1n) is 2.08. The van der Waals surface area contributed by atoms with Gasteiger partial charge in [0.05, 0.1) is 6.54 Å². The molecule has 1 radical (unpaired) electrons. The Bertz CT molecular complexity index is 62.7. The molecule has 1 amide bonds. The van der Waals surface area contributed by atoms with Crippen molar-refractivity contribution in [3.8, 4) is 0 Å². The minimum absolute atomic E-state index is 0.109. The minimum Gasteiger partial charge on any atom is -0.311 e. The quantitative estimate of drug-likeness (QED) is 0.483. The second kappa shape index (κ2) is 3.61. The van der Waals surface area contributed by atoms with Gasteiger partial charge in [0.15, 0.2) is 0 Å². The number of rotatable bonds is 2. The zero-order valence-electron chi connectivity index (χ0n) is 4.56. The third kappa shape index (κ3) is 3.26. The fraction of sp³-hybridized carbons (Fsp3) is 0.750. The van der Waals surface area contributed by atoms with Crippen LogP contribution in [0.1, 0.15) is 0 Å². The van der Waals surface area contributed by atoms with Crippen LogP contribution in [-0.2, 0) is 4.79 Å². The van der Waals surface area contributed by atoms with Crippen LogP contribution in [0.2, 0.25) is 0 Å². The summed E-state index contributed by atoms with van der Waals surface area (Å²) < 4.78 is 0. The summed E-state index contributed by atoms with van der Waals surface area (Å²) in [6.45, 7) is 0.344. The molecule has 0 aromatic heterocycles. The van der Waals surface area contributed by atoms with Gasteiger partial charge in [-0.2, -0.15) is 0 Å². The van der Waals surface area contributed by atoms with Crippen LogP contribution in [0.3, 0.4) is 0 Å². The molecule has 7 heavy (non-hydrogen) atoms. The Kier molecular flexibility index (Phi) is 3.32. The lowest BCUT2D eigenvalue weighted by Gasteiger charge is -1.90. The van der Waals surface area contributed by atoms with E-state index in [1.54, 1.807) is 7.05 Å². The maximum atomic E-state index is 10.2. The Hall–Kier alpha value is -0.570. The Morgan fingerprint density at radius 3 is 2.57 bits per heavy atom. The lowest BCUT2D eigenvalue weighted by atomic mass is 10.6.